The van der Waals surface area contributed by atoms with Crippen molar-refractivity contribution in [1.82, 2.24) is 19.7 Å². The molecule has 5 nitrogen and oxygen atoms in total. The first-order valence-corrected chi connectivity index (χ1v) is 7.18. The molecule has 1 N–H and O–H groups in total. The van der Waals surface area contributed by atoms with E-state index in [-0.39, 0.29) is 0 Å². The largest absolute Gasteiger partial charge is 0.493 e. The molecule has 21 heavy (non-hydrogen) atoms. The molecule has 6 heteroatoms. The van der Waals surface area contributed by atoms with Gasteiger partial charge in [0.1, 0.15) is 17.1 Å². The van der Waals surface area contributed by atoms with Crippen LogP contribution in [0.15, 0.2) is 24.3 Å². The van der Waals surface area contributed by atoms with Gasteiger partial charge in [0.25, 0.3) is 0 Å². The van der Waals surface area contributed by atoms with Crippen molar-refractivity contribution >= 4 is 23.3 Å². The number of H-pyrrole nitrogens is 1. The normalized spacial score (nSPS) is 11.0. The highest BCUT2D eigenvalue weighted by Crippen LogP contribution is 2.29. The molecule has 0 aliphatic carbocycles. The SMILES string of the molecule is CCOc1ccccc1-c1nc(=S)c2c([nH]1)c(C)nn2C. The van der Waals surface area contributed by atoms with E-state index in [1.165, 1.54) is 0 Å². The zero-order chi connectivity index (χ0) is 15.0. The summed E-state index contributed by atoms with van der Waals surface area (Å²) in [5.41, 5.74) is 3.56. The number of nitrogens with zero attached hydrogens (tertiary/aromatic N) is 3. The molecule has 0 aliphatic heterocycles. The summed E-state index contributed by atoms with van der Waals surface area (Å²) in [5.74, 6) is 1.49. The van der Waals surface area contributed by atoms with Crippen molar-refractivity contribution in [2.24, 2.45) is 7.05 Å². The molecule has 2 heterocycles. The number of aromatic amines is 1. The van der Waals surface area contributed by atoms with E-state index in [2.05, 4.69) is 15.1 Å². The Bertz CT molecular complexity index is 866. The van der Waals surface area contributed by atoms with Crippen LogP contribution in [0.1, 0.15) is 12.6 Å². The highest BCUT2D eigenvalue weighted by Gasteiger charge is 2.13. The Morgan fingerprint density at radius 3 is 2.86 bits per heavy atom. The van der Waals surface area contributed by atoms with Crippen LogP contribution in [-0.2, 0) is 7.05 Å². The molecular formula is C15H16N4OS. The maximum absolute atomic E-state index is 5.66. The van der Waals surface area contributed by atoms with Gasteiger partial charge in [0.2, 0.25) is 0 Å². The van der Waals surface area contributed by atoms with Gasteiger partial charge in [0, 0.05) is 7.05 Å². The average molecular weight is 300 g/mol. The Kier molecular flexibility index (Phi) is 3.47. The van der Waals surface area contributed by atoms with E-state index in [1.54, 1.807) is 4.68 Å². The second kappa shape index (κ2) is 5.29. The number of fused-ring (bicyclic) bond motifs is 1. The van der Waals surface area contributed by atoms with Crippen molar-refractivity contribution in [3.05, 3.63) is 34.6 Å². The number of nitrogens with one attached hydrogen (secondary N) is 1. The van der Waals surface area contributed by atoms with Crippen LogP contribution in [0.5, 0.6) is 5.75 Å². The number of hydrogen-bond acceptors (Lipinski definition) is 4. The molecule has 0 atom stereocenters. The molecule has 0 unspecified atom stereocenters. The topological polar surface area (TPSA) is 55.7 Å². The van der Waals surface area contributed by atoms with Gasteiger partial charge >= 0.3 is 0 Å². The molecule has 3 rings (SSSR count). The molecule has 108 valence electrons. The second-order valence-electron chi connectivity index (χ2n) is 4.75. The molecule has 2 aromatic heterocycles. The standard InChI is InChI=1S/C15H16N4OS/c1-4-20-11-8-6-5-7-10(11)14-16-12-9(2)18-19(3)13(12)15(21)17-14/h5-8H,4H2,1-3H3,(H,16,17,21). The maximum atomic E-state index is 5.66. The summed E-state index contributed by atoms with van der Waals surface area (Å²) in [6.45, 7) is 4.51. The minimum absolute atomic E-state index is 0.535. The average Bonchev–Trinajstić information content (AvgIpc) is 2.75. The third-order valence-electron chi connectivity index (χ3n) is 3.32. The molecule has 1 aromatic carbocycles. The summed E-state index contributed by atoms with van der Waals surface area (Å²) in [7, 11) is 1.87. The quantitative estimate of drug-likeness (QED) is 0.753. The lowest BCUT2D eigenvalue weighted by molar-refractivity contribution is 0.341. The van der Waals surface area contributed by atoms with Gasteiger partial charge in [-0.25, -0.2) is 4.98 Å². The maximum Gasteiger partial charge on any atom is 0.156 e. The van der Waals surface area contributed by atoms with Crippen LogP contribution < -0.4 is 4.74 Å². The smallest absolute Gasteiger partial charge is 0.156 e. The summed E-state index contributed by atoms with van der Waals surface area (Å²) in [5, 5.41) is 4.39. The van der Waals surface area contributed by atoms with Gasteiger partial charge in [0.05, 0.1) is 23.4 Å². The van der Waals surface area contributed by atoms with Crippen LogP contribution >= 0.6 is 12.2 Å². The first-order chi connectivity index (χ1) is 10.1. The summed E-state index contributed by atoms with van der Waals surface area (Å²) < 4.78 is 7.96. The van der Waals surface area contributed by atoms with Crippen LogP contribution in [0.2, 0.25) is 0 Å². The molecule has 0 radical (unpaired) electrons. The first-order valence-electron chi connectivity index (χ1n) is 6.77. The van der Waals surface area contributed by atoms with Gasteiger partial charge in [-0.1, -0.05) is 24.4 Å². The Balaban J connectivity index is 2.27. The third-order valence-corrected chi connectivity index (χ3v) is 3.61. The molecule has 3 aromatic rings. The van der Waals surface area contributed by atoms with Crippen molar-refractivity contribution in [3.63, 3.8) is 0 Å². The van der Waals surface area contributed by atoms with Crippen molar-refractivity contribution in [1.29, 1.82) is 0 Å². The summed E-state index contributed by atoms with van der Waals surface area (Å²) in [4.78, 5) is 7.84. The van der Waals surface area contributed by atoms with Crippen molar-refractivity contribution < 1.29 is 4.74 Å². The molecular weight excluding hydrogens is 284 g/mol. The fourth-order valence-electron chi connectivity index (χ4n) is 2.43. The van der Waals surface area contributed by atoms with E-state index < -0.39 is 0 Å². The number of rotatable bonds is 3. The Labute approximate surface area is 127 Å². The van der Waals surface area contributed by atoms with Gasteiger partial charge in [0.15, 0.2) is 4.64 Å². The summed E-state index contributed by atoms with van der Waals surface area (Å²) >= 11 is 5.42. The predicted octanol–water partition coefficient (Wildman–Crippen LogP) is 3.40. The highest BCUT2D eigenvalue weighted by atomic mass is 32.1. The fourth-order valence-corrected chi connectivity index (χ4v) is 2.75. The molecule has 0 spiro atoms. The van der Waals surface area contributed by atoms with E-state index in [0.29, 0.717) is 17.1 Å². The van der Waals surface area contributed by atoms with Gasteiger partial charge in [-0.15, -0.1) is 0 Å². The van der Waals surface area contributed by atoms with E-state index in [0.717, 1.165) is 28.0 Å². The zero-order valence-electron chi connectivity index (χ0n) is 12.2. The van der Waals surface area contributed by atoms with E-state index in [4.69, 9.17) is 17.0 Å². The van der Waals surface area contributed by atoms with Crippen molar-refractivity contribution in [2.75, 3.05) is 6.61 Å². The van der Waals surface area contributed by atoms with Crippen molar-refractivity contribution in [2.45, 2.75) is 13.8 Å². The lowest BCUT2D eigenvalue weighted by Crippen LogP contribution is -1.98. The Morgan fingerprint density at radius 1 is 1.33 bits per heavy atom. The van der Waals surface area contributed by atoms with Gasteiger partial charge in [-0.2, -0.15) is 5.10 Å². The minimum atomic E-state index is 0.535. The lowest BCUT2D eigenvalue weighted by atomic mass is 10.2. The molecule has 0 aliphatic rings. The third kappa shape index (κ3) is 2.31. The Hall–Kier alpha value is -2.21. The van der Waals surface area contributed by atoms with Crippen LogP contribution in [0.25, 0.3) is 22.4 Å². The molecule has 0 bridgehead atoms. The summed E-state index contributed by atoms with van der Waals surface area (Å²) in [6.07, 6.45) is 0. The number of benzene rings is 1. The van der Waals surface area contributed by atoms with Crippen LogP contribution in [0.3, 0.4) is 0 Å². The minimum Gasteiger partial charge on any atom is -0.493 e. The van der Waals surface area contributed by atoms with Gasteiger partial charge in [-0.3, -0.25) is 4.68 Å². The molecule has 0 saturated heterocycles. The van der Waals surface area contributed by atoms with E-state index in [1.807, 2.05) is 45.2 Å². The van der Waals surface area contributed by atoms with Crippen molar-refractivity contribution in [3.8, 4) is 17.1 Å². The van der Waals surface area contributed by atoms with Crippen LogP contribution in [0.4, 0.5) is 0 Å². The summed E-state index contributed by atoms with van der Waals surface area (Å²) in [6, 6.07) is 7.79. The lowest BCUT2D eigenvalue weighted by Gasteiger charge is -2.09. The van der Waals surface area contributed by atoms with Gasteiger partial charge in [-0.05, 0) is 26.0 Å². The fraction of sp³-hybridized carbons (Fsp3) is 0.267. The number of ether oxygens (including phenoxy) is 1. The number of para-hydroxylation sites is 1. The predicted molar refractivity (Wildman–Crippen MR) is 85.0 cm³/mol. The zero-order valence-corrected chi connectivity index (χ0v) is 13.0. The number of aryl methyl sites for hydroxylation is 2. The number of aromatic nitrogens is 4. The monoisotopic (exact) mass is 300 g/mol. The van der Waals surface area contributed by atoms with Gasteiger partial charge < -0.3 is 9.72 Å². The van der Waals surface area contributed by atoms with E-state index in [9.17, 15) is 0 Å². The van der Waals surface area contributed by atoms with Crippen LogP contribution in [0, 0.1) is 11.6 Å². The highest BCUT2D eigenvalue weighted by molar-refractivity contribution is 7.71. The molecule has 0 saturated carbocycles. The number of hydrogen-bond donors (Lipinski definition) is 1. The van der Waals surface area contributed by atoms with Crippen LogP contribution in [-0.4, -0.2) is 26.4 Å². The van der Waals surface area contributed by atoms with E-state index >= 15 is 0 Å². The molecule has 0 amide bonds. The second-order valence-corrected chi connectivity index (χ2v) is 5.14. The molecule has 0 fully saturated rings. The Morgan fingerprint density at radius 2 is 2.10 bits per heavy atom. The first kappa shape index (κ1) is 13.8.